The van der Waals surface area contributed by atoms with Gasteiger partial charge in [0.1, 0.15) is 0 Å². The average Bonchev–Trinajstić information content (AvgIpc) is 2.53. The van der Waals surface area contributed by atoms with Crippen LogP contribution in [0.5, 0.6) is 0 Å². The minimum atomic E-state index is -0.500. The van der Waals surface area contributed by atoms with E-state index in [2.05, 4.69) is 6.07 Å². The third-order valence-electron chi connectivity index (χ3n) is 4.96. The van der Waals surface area contributed by atoms with Crippen LogP contribution >= 0.6 is 0 Å². The third kappa shape index (κ3) is 4.03. The van der Waals surface area contributed by atoms with E-state index in [0.717, 1.165) is 12.8 Å². The molecule has 0 aromatic heterocycles. The fourth-order valence-electron chi connectivity index (χ4n) is 3.66. The molecule has 0 saturated heterocycles. The lowest BCUT2D eigenvalue weighted by molar-refractivity contribution is -0.527. The van der Waals surface area contributed by atoms with Crippen molar-refractivity contribution in [3.63, 3.8) is 0 Å². The lowest BCUT2D eigenvalue weighted by atomic mass is 9.78. The van der Waals surface area contributed by atoms with Gasteiger partial charge in [-0.1, -0.05) is 6.08 Å². The smallest absolute Gasteiger partial charge is 0.213 e. The van der Waals surface area contributed by atoms with E-state index in [4.69, 9.17) is 0 Å². The number of nitriles is 1. The Labute approximate surface area is 129 Å². The van der Waals surface area contributed by atoms with Gasteiger partial charge >= 0.3 is 0 Å². The molecule has 0 heterocycles. The van der Waals surface area contributed by atoms with Gasteiger partial charge < -0.3 is 0 Å². The summed E-state index contributed by atoms with van der Waals surface area (Å²) < 4.78 is 0. The van der Waals surface area contributed by atoms with Gasteiger partial charge in [-0.2, -0.15) is 5.26 Å². The number of hydrogen-bond acceptors (Lipinski definition) is 5. The molecule has 2 aliphatic rings. The third-order valence-corrected chi connectivity index (χ3v) is 4.96. The largest absolute Gasteiger partial charge is 0.264 e. The van der Waals surface area contributed by atoms with Crippen molar-refractivity contribution in [1.82, 2.24) is 0 Å². The van der Waals surface area contributed by atoms with Crippen LogP contribution in [0, 0.1) is 43.4 Å². The van der Waals surface area contributed by atoms with Crippen molar-refractivity contribution in [2.45, 2.75) is 63.5 Å². The molecule has 0 aliphatic heterocycles. The topological polar surface area (TPSA) is 110 Å². The van der Waals surface area contributed by atoms with E-state index in [0.29, 0.717) is 44.1 Å². The predicted molar refractivity (Wildman–Crippen MR) is 79.2 cm³/mol. The van der Waals surface area contributed by atoms with Crippen LogP contribution in [-0.4, -0.2) is 21.9 Å². The highest BCUT2D eigenvalue weighted by Crippen LogP contribution is 2.34. The standard InChI is InChI=1S/C15H21N3O4/c16-10-13(12-4-6-14(7-5-12)17(19)20)8-11-2-1-3-15(9-11)18(21)22/h8,11-12,14-15H,1-7,9H2/b13-8+. The maximum Gasteiger partial charge on any atom is 0.213 e. The molecule has 0 spiro atoms. The number of hydrogen-bond donors (Lipinski definition) is 0. The molecule has 0 N–H and O–H groups in total. The van der Waals surface area contributed by atoms with Crippen molar-refractivity contribution in [1.29, 1.82) is 5.26 Å². The summed E-state index contributed by atoms with van der Waals surface area (Å²) in [5, 5.41) is 31.1. The zero-order chi connectivity index (χ0) is 16.1. The van der Waals surface area contributed by atoms with Gasteiger partial charge in [0.2, 0.25) is 12.1 Å². The Kier molecular flexibility index (Phi) is 5.47. The van der Waals surface area contributed by atoms with E-state index in [1.165, 1.54) is 0 Å². The van der Waals surface area contributed by atoms with Gasteiger partial charge in [-0.15, -0.1) is 0 Å². The van der Waals surface area contributed by atoms with Gasteiger partial charge in [0, 0.05) is 41.1 Å². The van der Waals surface area contributed by atoms with Gasteiger partial charge in [0.25, 0.3) is 0 Å². The molecular weight excluding hydrogens is 286 g/mol. The van der Waals surface area contributed by atoms with Crippen LogP contribution in [0.15, 0.2) is 11.6 Å². The second-order valence-electron chi connectivity index (χ2n) is 6.39. The highest BCUT2D eigenvalue weighted by Gasteiger charge is 2.32. The molecule has 22 heavy (non-hydrogen) atoms. The van der Waals surface area contributed by atoms with Gasteiger partial charge in [-0.05, 0) is 37.5 Å². The minimum Gasteiger partial charge on any atom is -0.264 e. The molecule has 7 nitrogen and oxygen atoms in total. The summed E-state index contributed by atoms with van der Waals surface area (Å²) in [5.41, 5.74) is 0.677. The van der Waals surface area contributed by atoms with E-state index in [-0.39, 0.29) is 21.7 Å². The summed E-state index contributed by atoms with van der Waals surface area (Å²) in [7, 11) is 0. The highest BCUT2D eigenvalue weighted by molar-refractivity contribution is 5.25. The first-order chi connectivity index (χ1) is 10.5. The summed E-state index contributed by atoms with van der Waals surface area (Å²) in [6.45, 7) is 0. The molecule has 2 saturated carbocycles. The molecule has 0 amide bonds. The molecule has 2 aliphatic carbocycles. The quantitative estimate of drug-likeness (QED) is 0.450. The van der Waals surface area contributed by atoms with Crippen molar-refractivity contribution in [2.24, 2.45) is 11.8 Å². The Bertz CT molecular complexity index is 503. The van der Waals surface area contributed by atoms with Gasteiger partial charge in [-0.3, -0.25) is 20.2 Å². The van der Waals surface area contributed by atoms with Crippen LogP contribution in [0.25, 0.3) is 0 Å². The summed E-state index contributed by atoms with van der Waals surface area (Å²) in [6.07, 6.45) is 7.09. The number of nitro groups is 2. The molecule has 0 radical (unpaired) electrons. The van der Waals surface area contributed by atoms with E-state index < -0.39 is 12.1 Å². The van der Waals surface area contributed by atoms with Crippen LogP contribution in [0.2, 0.25) is 0 Å². The molecule has 0 bridgehead atoms. The Morgan fingerprint density at radius 2 is 1.64 bits per heavy atom. The summed E-state index contributed by atoms with van der Waals surface area (Å²) >= 11 is 0. The number of rotatable bonds is 4. The molecule has 7 heteroatoms. The Morgan fingerprint density at radius 1 is 1.00 bits per heavy atom. The van der Waals surface area contributed by atoms with Crippen molar-refractivity contribution in [3.05, 3.63) is 31.9 Å². The van der Waals surface area contributed by atoms with Crippen molar-refractivity contribution >= 4 is 0 Å². The highest BCUT2D eigenvalue weighted by atomic mass is 16.6. The Balaban J connectivity index is 1.98. The SMILES string of the molecule is N#C/C(=C\C1CCCC([N+](=O)[O-])C1)C1CCC([N+](=O)[O-])CC1. The van der Waals surface area contributed by atoms with Gasteiger partial charge in [-0.25, -0.2) is 0 Å². The average molecular weight is 307 g/mol. The van der Waals surface area contributed by atoms with Crippen molar-refractivity contribution in [2.75, 3.05) is 0 Å². The van der Waals surface area contributed by atoms with E-state index in [1.807, 2.05) is 6.08 Å². The lowest BCUT2D eigenvalue weighted by Crippen LogP contribution is -2.28. The molecule has 0 aromatic carbocycles. The van der Waals surface area contributed by atoms with E-state index in [1.54, 1.807) is 0 Å². The molecule has 120 valence electrons. The summed E-state index contributed by atoms with van der Waals surface area (Å²) in [5.74, 6) is 0.171. The monoisotopic (exact) mass is 307 g/mol. The van der Waals surface area contributed by atoms with Crippen LogP contribution in [-0.2, 0) is 0 Å². The zero-order valence-corrected chi connectivity index (χ0v) is 12.5. The van der Waals surface area contributed by atoms with Crippen LogP contribution in [0.1, 0.15) is 51.4 Å². The van der Waals surface area contributed by atoms with Gasteiger partial charge in [0.05, 0.1) is 6.07 Å². The second kappa shape index (κ2) is 7.34. The fraction of sp³-hybridized carbons (Fsp3) is 0.800. The van der Waals surface area contributed by atoms with Crippen molar-refractivity contribution in [3.8, 4) is 6.07 Å². The maximum absolute atomic E-state index is 10.9. The normalized spacial score (nSPS) is 33.0. The minimum absolute atomic E-state index is 0.0807. The summed E-state index contributed by atoms with van der Waals surface area (Å²) in [6, 6.07) is 1.25. The molecule has 2 fully saturated rings. The van der Waals surface area contributed by atoms with Crippen LogP contribution in [0.4, 0.5) is 0 Å². The van der Waals surface area contributed by atoms with Crippen LogP contribution < -0.4 is 0 Å². The zero-order valence-electron chi connectivity index (χ0n) is 12.5. The number of nitrogens with zero attached hydrogens (tertiary/aromatic N) is 3. The first-order valence-corrected chi connectivity index (χ1v) is 7.90. The Hall–Kier alpha value is -1.97. The fourth-order valence-corrected chi connectivity index (χ4v) is 3.66. The predicted octanol–water partition coefficient (Wildman–Crippen LogP) is 3.11. The van der Waals surface area contributed by atoms with E-state index in [9.17, 15) is 25.5 Å². The molecule has 2 atom stereocenters. The molecule has 2 rings (SSSR count). The van der Waals surface area contributed by atoms with Crippen LogP contribution in [0.3, 0.4) is 0 Å². The van der Waals surface area contributed by atoms with Crippen molar-refractivity contribution < 1.29 is 9.85 Å². The molecule has 0 aromatic rings. The first kappa shape index (κ1) is 16.4. The van der Waals surface area contributed by atoms with E-state index >= 15 is 0 Å². The maximum atomic E-state index is 10.9. The molecular formula is C15H21N3O4. The number of allylic oxidation sites excluding steroid dienone is 2. The lowest BCUT2D eigenvalue weighted by Gasteiger charge is -2.26. The first-order valence-electron chi connectivity index (χ1n) is 7.90. The van der Waals surface area contributed by atoms with Gasteiger partial charge in [0.15, 0.2) is 0 Å². The Morgan fingerprint density at radius 3 is 2.18 bits per heavy atom. The molecule has 2 unspecified atom stereocenters. The second-order valence-corrected chi connectivity index (χ2v) is 6.39. The summed E-state index contributed by atoms with van der Waals surface area (Å²) in [4.78, 5) is 21.3.